The number of hydrogen-bond acceptors (Lipinski definition) is 3. The number of rotatable bonds is 15. The number of aryl methyl sites for hydroxylation is 1. The zero-order valence-corrected chi connectivity index (χ0v) is 25.1. The van der Waals surface area contributed by atoms with Crippen molar-refractivity contribution in [1.29, 1.82) is 0 Å². The molecule has 0 unspecified atom stereocenters. The first-order valence-electron chi connectivity index (χ1n) is 14.2. The predicted molar refractivity (Wildman–Crippen MR) is 159 cm³/mol. The second kappa shape index (κ2) is 24.7. The van der Waals surface area contributed by atoms with Crippen LogP contribution >= 0.6 is 0 Å². The molecule has 0 aliphatic carbocycles. The number of amides is 1. The maximum atomic E-state index is 12.3. The van der Waals surface area contributed by atoms with Gasteiger partial charge in [-0.1, -0.05) is 91.3 Å². The van der Waals surface area contributed by atoms with Gasteiger partial charge in [-0.3, -0.25) is 4.79 Å². The zero-order valence-electron chi connectivity index (χ0n) is 25.1. The minimum Gasteiger partial charge on any atom is -0.435 e. The molecule has 1 amide bonds. The monoisotopic (exact) mass is 536 g/mol. The molecule has 0 bridgehead atoms. The number of carbonyl (C=O) groups is 1. The van der Waals surface area contributed by atoms with Crippen molar-refractivity contribution >= 4 is 5.91 Å². The second-order valence-electron chi connectivity index (χ2n) is 9.09. The minimum absolute atomic E-state index is 0.271. The molecular formula is C32H54F2N2O2. The van der Waals surface area contributed by atoms with Gasteiger partial charge >= 0.3 is 6.61 Å². The molecule has 218 valence electrons. The van der Waals surface area contributed by atoms with Crippen LogP contribution in [0.1, 0.15) is 99.0 Å². The fourth-order valence-corrected chi connectivity index (χ4v) is 3.95. The smallest absolute Gasteiger partial charge is 0.387 e. The third-order valence-electron chi connectivity index (χ3n) is 5.65. The molecule has 0 saturated carbocycles. The molecule has 0 heterocycles. The highest BCUT2D eigenvalue weighted by Gasteiger charge is 2.21. The molecule has 0 spiro atoms. The van der Waals surface area contributed by atoms with Crippen LogP contribution in [0.3, 0.4) is 0 Å². The van der Waals surface area contributed by atoms with E-state index in [0.717, 1.165) is 63.6 Å². The van der Waals surface area contributed by atoms with E-state index < -0.39 is 6.61 Å². The number of nitrogens with zero attached hydrogens (tertiary/aromatic N) is 1. The van der Waals surface area contributed by atoms with Crippen LogP contribution in [0.5, 0.6) is 5.75 Å². The molecule has 0 saturated heterocycles. The molecule has 2 N–H and O–H groups in total. The number of para-hydroxylation sites is 1. The fourth-order valence-electron chi connectivity index (χ4n) is 3.95. The van der Waals surface area contributed by atoms with E-state index in [0.29, 0.717) is 18.0 Å². The summed E-state index contributed by atoms with van der Waals surface area (Å²) < 4.78 is 27.9. The topological polar surface area (TPSA) is 55.6 Å². The Labute approximate surface area is 232 Å². The summed E-state index contributed by atoms with van der Waals surface area (Å²) >= 11 is 0. The van der Waals surface area contributed by atoms with Gasteiger partial charge < -0.3 is 15.4 Å². The maximum Gasteiger partial charge on any atom is 0.387 e. The van der Waals surface area contributed by atoms with Crippen LogP contribution in [0.15, 0.2) is 60.3 Å². The number of nitrogens with two attached hydrogens (primary N) is 1. The summed E-state index contributed by atoms with van der Waals surface area (Å²) in [5, 5.41) is 0. The Morgan fingerprint density at radius 1 is 1.00 bits per heavy atom. The standard InChI is InChI=1S/C14H29NO.C9H10F2O.C9H15N/c1-5-9-13(10-6-2)14(16)15(11-7-3)12-8-4;1-2-7-5-3-4-6-8(7)12-9(10)11;1-4-6-9(5-2)7-8(3)10/h13H,5-12H2,1-4H3;3-6,9H,2H2,1H3;4,6-7H,3,5,10H2,1-2H3/b;;6-4-,9-7-. The molecule has 4 nitrogen and oxygen atoms in total. The Morgan fingerprint density at radius 2 is 1.55 bits per heavy atom. The predicted octanol–water partition coefficient (Wildman–Crippen LogP) is 9.07. The summed E-state index contributed by atoms with van der Waals surface area (Å²) in [7, 11) is 0. The second-order valence-corrected chi connectivity index (χ2v) is 9.09. The summed E-state index contributed by atoms with van der Waals surface area (Å²) in [4.78, 5) is 14.4. The lowest BCUT2D eigenvalue weighted by Crippen LogP contribution is -2.37. The van der Waals surface area contributed by atoms with E-state index in [2.05, 4.69) is 50.8 Å². The van der Waals surface area contributed by atoms with Crippen LogP contribution in [0.25, 0.3) is 0 Å². The first-order valence-corrected chi connectivity index (χ1v) is 14.2. The van der Waals surface area contributed by atoms with Crippen molar-refractivity contribution in [2.24, 2.45) is 11.7 Å². The highest BCUT2D eigenvalue weighted by molar-refractivity contribution is 5.78. The van der Waals surface area contributed by atoms with Gasteiger partial charge in [0.05, 0.1) is 0 Å². The molecule has 0 aromatic heterocycles. The first kappa shape index (κ1) is 37.5. The lowest BCUT2D eigenvalue weighted by Gasteiger charge is -2.26. The fraction of sp³-hybridized carbons (Fsp3) is 0.594. The van der Waals surface area contributed by atoms with Gasteiger partial charge in [-0.15, -0.1) is 0 Å². The third-order valence-corrected chi connectivity index (χ3v) is 5.65. The van der Waals surface area contributed by atoms with Crippen molar-refractivity contribution < 1.29 is 18.3 Å². The largest absolute Gasteiger partial charge is 0.435 e. The Morgan fingerprint density at radius 3 is 1.95 bits per heavy atom. The Hall–Kier alpha value is -2.63. The number of ether oxygens (including phenoxy) is 1. The van der Waals surface area contributed by atoms with Crippen molar-refractivity contribution in [1.82, 2.24) is 4.90 Å². The number of benzene rings is 1. The van der Waals surface area contributed by atoms with E-state index in [1.807, 2.05) is 32.1 Å². The van der Waals surface area contributed by atoms with Gasteiger partial charge in [-0.05, 0) is 68.7 Å². The minimum atomic E-state index is -2.74. The van der Waals surface area contributed by atoms with E-state index in [1.165, 1.54) is 5.57 Å². The summed E-state index contributed by atoms with van der Waals surface area (Å²) in [6, 6.07) is 6.80. The van der Waals surface area contributed by atoms with Crippen molar-refractivity contribution in [2.45, 2.75) is 106 Å². The molecular weight excluding hydrogens is 482 g/mol. The molecule has 0 radical (unpaired) electrons. The van der Waals surface area contributed by atoms with Crippen molar-refractivity contribution in [2.75, 3.05) is 13.1 Å². The first-order chi connectivity index (χ1) is 18.1. The number of halogens is 2. The van der Waals surface area contributed by atoms with Gasteiger partial charge in [0.2, 0.25) is 5.91 Å². The van der Waals surface area contributed by atoms with E-state index >= 15 is 0 Å². The van der Waals surface area contributed by atoms with Gasteiger partial charge in [0, 0.05) is 24.7 Å². The van der Waals surface area contributed by atoms with Gasteiger partial charge in [0.1, 0.15) is 5.75 Å². The van der Waals surface area contributed by atoms with E-state index in [4.69, 9.17) is 5.73 Å². The van der Waals surface area contributed by atoms with Crippen LogP contribution in [0.4, 0.5) is 8.78 Å². The molecule has 0 atom stereocenters. The van der Waals surface area contributed by atoms with Crippen molar-refractivity contribution in [3.05, 3.63) is 65.9 Å². The Kier molecular flexibility index (Phi) is 24.4. The molecule has 1 aromatic rings. The van der Waals surface area contributed by atoms with Crippen LogP contribution in [0.2, 0.25) is 0 Å². The van der Waals surface area contributed by atoms with Gasteiger partial charge in [0.25, 0.3) is 0 Å². The zero-order chi connectivity index (χ0) is 29.3. The highest BCUT2D eigenvalue weighted by Crippen LogP contribution is 2.20. The molecule has 1 aromatic carbocycles. The van der Waals surface area contributed by atoms with E-state index in [1.54, 1.807) is 24.3 Å². The van der Waals surface area contributed by atoms with E-state index in [9.17, 15) is 13.6 Å². The lowest BCUT2D eigenvalue weighted by molar-refractivity contribution is -0.136. The number of alkyl halides is 2. The normalized spacial score (nSPS) is 11.1. The third kappa shape index (κ3) is 18.6. The quantitative estimate of drug-likeness (QED) is 0.227. The summed E-state index contributed by atoms with van der Waals surface area (Å²) in [5.74, 6) is 0.940. The SMILES string of the molecule is C=C(N)/C=C(\C=C/C)CC.CCCC(CCC)C(=O)N(CCC)CCC.CCc1ccccc1OC(F)F. The van der Waals surface area contributed by atoms with Crippen LogP contribution < -0.4 is 10.5 Å². The summed E-state index contributed by atoms with van der Waals surface area (Å²) in [5.41, 5.74) is 8.04. The molecule has 38 heavy (non-hydrogen) atoms. The molecule has 6 heteroatoms. The molecule has 0 aliphatic heterocycles. The van der Waals surface area contributed by atoms with Crippen LogP contribution in [-0.4, -0.2) is 30.5 Å². The number of hydrogen-bond donors (Lipinski definition) is 1. The molecule has 0 fully saturated rings. The van der Waals surface area contributed by atoms with Crippen LogP contribution in [0, 0.1) is 5.92 Å². The highest BCUT2D eigenvalue weighted by atomic mass is 19.3. The summed E-state index contributed by atoms with van der Waals surface area (Å²) in [6.07, 6.45) is 14.1. The molecule has 0 aliphatic rings. The Balaban J connectivity index is 0. The van der Waals surface area contributed by atoms with Crippen LogP contribution in [-0.2, 0) is 11.2 Å². The maximum absolute atomic E-state index is 12.3. The van der Waals surface area contributed by atoms with E-state index in [-0.39, 0.29) is 11.7 Å². The van der Waals surface area contributed by atoms with Gasteiger partial charge in [-0.25, -0.2) is 0 Å². The number of allylic oxidation sites excluding steroid dienone is 4. The lowest BCUT2D eigenvalue weighted by atomic mass is 9.96. The average Bonchev–Trinajstić information content (AvgIpc) is 2.88. The average molecular weight is 537 g/mol. The summed E-state index contributed by atoms with van der Waals surface area (Å²) in [6.45, 7) is 17.3. The number of carbonyl (C=O) groups excluding carboxylic acids is 1. The molecule has 1 rings (SSSR count). The van der Waals surface area contributed by atoms with Crippen molar-refractivity contribution in [3.8, 4) is 5.75 Å². The van der Waals surface area contributed by atoms with Gasteiger partial charge in [-0.2, -0.15) is 8.78 Å². The van der Waals surface area contributed by atoms with Crippen molar-refractivity contribution in [3.63, 3.8) is 0 Å². The van der Waals surface area contributed by atoms with Gasteiger partial charge in [0.15, 0.2) is 0 Å². The Bertz CT molecular complexity index is 776.